The fraction of sp³-hybridized carbons (Fsp3) is 0.900. The van der Waals surface area contributed by atoms with Crippen molar-refractivity contribution in [2.24, 2.45) is 0 Å². The zero-order valence-corrected chi connectivity index (χ0v) is 9.43. The minimum atomic E-state index is 0.102. The molecule has 1 amide bonds. The molecule has 0 radical (unpaired) electrons. The molecule has 0 aromatic rings. The Bertz CT molecular complexity index is 151. The van der Waals surface area contributed by atoms with E-state index in [2.05, 4.69) is 10.6 Å². The molecule has 1 unspecified atom stereocenters. The summed E-state index contributed by atoms with van der Waals surface area (Å²) in [4.78, 5) is 10.8. The van der Waals surface area contributed by atoms with Gasteiger partial charge in [-0.1, -0.05) is 0 Å². The highest BCUT2D eigenvalue weighted by atomic mass is 16.5. The third-order valence-electron chi connectivity index (χ3n) is 1.92. The molecule has 0 saturated carbocycles. The van der Waals surface area contributed by atoms with E-state index < -0.39 is 0 Å². The van der Waals surface area contributed by atoms with Crippen molar-refractivity contribution in [3.8, 4) is 0 Å². The summed E-state index contributed by atoms with van der Waals surface area (Å²) < 4.78 is 5.35. The van der Waals surface area contributed by atoms with E-state index in [1.165, 1.54) is 0 Å². The largest absolute Gasteiger partial charge is 0.377 e. The van der Waals surface area contributed by atoms with E-state index in [9.17, 15) is 4.79 Å². The first-order chi connectivity index (χ1) is 6.70. The van der Waals surface area contributed by atoms with Crippen molar-refractivity contribution in [2.75, 3.05) is 26.7 Å². The van der Waals surface area contributed by atoms with E-state index in [0.717, 1.165) is 26.1 Å². The van der Waals surface area contributed by atoms with E-state index in [1.54, 1.807) is 7.05 Å². The van der Waals surface area contributed by atoms with Crippen molar-refractivity contribution in [3.05, 3.63) is 0 Å². The standard InChI is InChI=1S/C10H22N2O2/c1-4-14-9(2)8-12-7-5-6-10(13)11-3/h9,12H,4-8H2,1-3H3,(H,11,13). The van der Waals surface area contributed by atoms with Gasteiger partial charge in [0.15, 0.2) is 0 Å². The second kappa shape index (κ2) is 8.97. The van der Waals surface area contributed by atoms with Gasteiger partial charge in [0.05, 0.1) is 6.10 Å². The highest BCUT2D eigenvalue weighted by molar-refractivity contribution is 5.75. The van der Waals surface area contributed by atoms with E-state index in [-0.39, 0.29) is 12.0 Å². The van der Waals surface area contributed by atoms with Crippen LogP contribution in [0.15, 0.2) is 0 Å². The topological polar surface area (TPSA) is 50.4 Å². The molecule has 14 heavy (non-hydrogen) atoms. The van der Waals surface area contributed by atoms with E-state index in [1.807, 2.05) is 13.8 Å². The van der Waals surface area contributed by atoms with Gasteiger partial charge in [0.2, 0.25) is 5.91 Å². The molecule has 0 aromatic heterocycles. The molecular formula is C10H22N2O2. The Morgan fingerprint density at radius 3 is 2.79 bits per heavy atom. The van der Waals surface area contributed by atoms with Gasteiger partial charge in [0.25, 0.3) is 0 Å². The molecule has 0 aliphatic rings. The molecule has 84 valence electrons. The van der Waals surface area contributed by atoms with Crippen LogP contribution in [0.2, 0.25) is 0 Å². The van der Waals surface area contributed by atoms with Crippen LogP contribution in [0.25, 0.3) is 0 Å². The van der Waals surface area contributed by atoms with Gasteiger partial charge < -0.3 is 15.4 Å². The fourth-order valence-corrected chi connectivity index (χ4v) is 1.15. The van der Waals surface area contributed by atoms with Gasteiger partial charge >= 0.3 is 0 Å². The SMILES string of the molecule is CCOC(C)CNCCCC(=O)NC. The van der Waals surface area contributed by atoms with Crippen LogP contribution in [0.1, 0.15) is 26.7 Å². The quantitative estimate of drug-likeness (QED) is 0.564. The predicted molar refractivity (Wildman–Crippen MR) is 57.3 cm³/mol. The maximum atomic E-state index is 10.8. The van der Waals surface area contributed by atoms with Crippen molar-refractivity contribution in [1.29, 1.82) is 0 Å². The van der Waals surface area contributed by atoms with E-state index >= 15 is 0 Å². The Labute approximate surface area is 86.4 Å². The highest BCUT2D eigenvalue weighted by Crippen LogP contribution is 1.89. The first-order valence-electron chi connectivity index (χ1n) is 5.23. The van der Waals surface area contributed by atoms with Crippen LogP contribution in [0.5, 0.6) is 0 Å². The molecule has 0 rings (SSSR count). The second-order valence-corrected chi connectivity index (χ2v) is 3.25. The Hall–Kier alpha value is -0.610. The van der Waals surface area contributed by atoms with Crippen LogP contribution in [-0.4, -0.2) is 38.8 Å². The van der Waals surface area contributed by atoms with Gasteiger partial charge in [-0.3, -0.25) is 4.79 Å². The van der Waals surface area contributed by atoms with Gasteiger partial charge in [0, 0.05) is 26.6 Å². The summed E-state index contributed by atoms with van der Waals surface area (Å²) in [6, 6.07) is 0. The third kappa shape index (κ3) is 8.01. The predicted octanol–water partition coefficient (Wildman–Crippen LogP) is 0.527. The first kappa shape index (κ1) is 13.4. The molecule has 0 aliphatic carbocycles. The Balaban J connectivity index is 3.17. The smallest absolute Gasteiger partial charge is 0.219 e. The summed E-state index contributed by atoms with van der Waals surface area (Å²) in [5.74, 6) is 0.102. The van der Waals surface area contributed by atoms with Crippen molar-refractivity contribution in [3.63, 3.8) is 0 Å². The zero-order valence-electron chi connectivity index (χ0n) is 9.43. The number of hydrogen-bond acceptors (Lipinski definition) is 3. The Morgan fingerprint density at radius 1 is 1.50 bits per heavy atom. The lowest BCUT2D eigenvalue weighted by Crippen LogP contribution is -2.28. The van der Waals surface area contributed by atoms with Gasteiger partial charge in [0.1, 0.15) is 0 Å². The number of hydrogen-bond donors (Lipinski definition) is 2. The monoisotopic (exact) mass is 202 g/mol. The maximum absolute atomic E-state index is 10.8. The molecule has 0 fully saturated rings. The van der Waals surface area contributed by atoms with E-state index in [0.29, 0.717) is 6.42 Å². The number of ether oxygens (including phenoxy) is 1. The number of carbonyl (C=O) groups excluding carboxylic acids is 1. The van der Waals surface area contributed by atoms with Crippen LogP contribution >= 0.6 is 0 Å². The van der Waals surface area contributed by atoms with Crippen molar-refractivity contribution in [2.45, 2.75) is 32.8 Å². The molecule has 0 aliphatic heterocycles. The van der Waals surface area contributed by atoms with Gasteiger partial charge in [-0.25, -0.2) is 0 Å². The molecule has 2 N–H and O–H groups in total. The summed E-state index contributed by atoms with van der Waals surface area (Å²) in [5.41, 5.74) is 0. The van der Waals surface area contributed by atoms with Gasteiger partial charge in [-0.15, -0.1) is 0 Å². The molecule has 0 spiro atoms. The van der Waals surface area contributed by atoms with Crippen LogP contribution in [0.4, 0.5) is 0 Å². The molecule has 4 heteroatoms. The van der Waals surface area contributed by atoms with Crippen LogP contribution in [0.3, 0.4) is 0 Å². The first-order valence-corrected chi connectivity index (χ1v) is 5.23. The third-order valence-corrected chi connectivity index (χ3v) is 1.92. The summed E-state index contributed by atoms with van der Waals surface area (Å²) >= 11 is 0. The number of carbonyl (C=O) groups is 1. The minimum Gasteiger partial charge on any atom is -0.377 e. The average molecular weight is 202 g/mol. The minimum absolute atomic E-state index is 0.102. The molecule has 0 heterocycles. The van der Waals surface area contributed by atoms with Crippen LogP contribution in [-0.2, 0) is 9.53 Å². The Kier molecular flexibility index (Phi) is 8.57. The van der Waals surface area contributed by atoms with Gasteiger partial charge in [-0.05, 0) is 26.8 Å². The summed E-state index contributed by atoms with van der Waals surface area (Å²) in [6.07, 6.45) is 1.71. The lowest BCUT2D eigenvalue weighted by Gasteiger charge is -2.12. The molecule has 4 nitrogen and oxygen atoms in total. The molecule has 0 aromatic carbocycles. The molecule has 0 bridgehead atoms. The summed E-state index contributed by atoms with van der Waals surface area (Å²) in [5, 5.41) is 5.84. The number of nitrogens with one attached hydrogen (secondary N) is 2. The number of amides is 1. The highest BCUT2D eigenvalue weighted by Gasteiger charge is 2.00. The van der Waals surface area contributed by atoms with Crippen molar-refractivity contribution in [1.82, 2.24) is 10.6 Å². The lowest BCUT2D eigenvalue weighted by atomic mass is 10.3. The van der Waals surface area contributed by atoms with Crippen LogP contribution in [0, 0.1) is 0 Å². The maximum Gasteiger partial charge on any atom is 0.219 e. The second-order valence-electron chi connectivity index (χ2n) is 3.25. The molecule has 0 saturated heterocycles. The fourth-order valence-electron chi connectivity index (χ4n) is 1.15. The zero-order chi connectivity index (χ0) is 10.8. The Morgan fingerprint density at radius 2 is 2.21 bits per heavy atom. The summed E-state index contributed by atoms with van der Waals surface area (Å²) in [6.45, 7) is 6.49. The molecule has 1 atom stereocenters. The van der Waals surface area contributed by atoms with Crippen molar-refractivity contribution < 1.29 is 9.53 Å². The normalized spacial score (nSPS) is 12.5. The summed E-state index contributed by atoms with van der Waals surface area (Å²) in [7, 11) is 1.66. The lowest BCUT2D eigenvalue weighted by molar-refractivity contribution is -0.120. The van der Waals surface area contributed by atoms with Gasteiger partial charge in [-0.2, -0.15) is 0 Å². The number of rotatable bonds is 8. The molecular weight excluding hydrogens is 180 g/mol. The average Bonchev–Trinajstić information content (AvgIpc) is 2.17. The van der Waals surface area contributed by atoms with Crippen molar-refractivity contribution >= 4 is 5.91 Å². The van der Waals surface area contributed by atoms with E-state index in [4.69, 9.17) is 4.74 Å². The van der Waals surface area contributed by atoms with Crippen LogP contribution < -0.4 is 10.6 Å².